The van der Waals surface area contributed by atoms with Crippen LogP contribution in [0.3, 0.4) is 0 Å². The molecule has 0 bridgehead atoms. The molecule has 0 aliphatic carbocycles. The van der Waals surface area contributed by atoms with Crippen molar-refractivity contribution in [3.8, 4) is 0 Å². The van der Waals surface area contributed by atoms with E-state index in [0.717, 1.165) is 5.39 Å². The lowest BCUT2D eigenvalue weighted by Gasteiger charge is -1.96. The number of hydrogen-bond acceptors (Lipinski definition) is 4. The molecule has 0 unspecified atom stereocenters. The first kappa shape index (κ1) is 9.64. The van der Waals surface area contributed by atoms with E-state index < -0.39 is 0 Å². The Bertz CT molecular complexity index is 504. The summed E-state index contributed by atoms with van der Waals surface area (Å²) in [4.78, 5) is 22.5. The molecular formula is C10H11N3O2. The van der Waals surface area contributed by atoms with E-state index in [1.165, 1.54) is 0 Å². The van der Waals surface area contributed by atoms with E-state index in [-0.39, 0.29) is 5.97 Å². The minimum absolute atomic E-state index is 0.360. The smallest absolute Gasteiger partial charge is 0.354 e. The topological polar surface area (TPSA) is 67.9 Å². The summed E-state index contributed by atoms with van der Waals surface area (Å²) in [5.41, 5.74) is 1.07. The van der Waals surface area contributed by atoms with Crippen molar-refractivity contribution in [3.63, 3.8) is 0 Å². The van der Waals surface area contributed by atoms with Gasteiger partial charge in [0.2, 0.25) is 0 Å². The number of ether oxygens (including phenoxy) is 1. The van der Waals surface area contributed by atoms with Gasteiger partial charge < -0.3 is 9.72 Å². The summed E-state index contributed by atoms with van der Waals surface area (Å²) < 4.78 is 4.87. The van der Waals surface area contributed by atoms with Crippen LogP contribution < -0.4 is 0 Å². The minimum atomic E-state index is -0.367. The van der Waals surface area contributed by atoms with Gasteiger partial charge >= 0.3 is 5.97 Å². The van der Waals surface area contributed by atoms with Crippen LogP contribution in [-0.4, -0.2) is 27.5 Å². The third-order valence-corrected chi connectivity index (χ3v) is 1.99. The summed E-state index contributed by atoms with van der Waals surface area (Å²) >= 11 is 0. The molecule has 0 fully saturated rings. The Morgan fingerprint density at radius 1 is 1.60 bits per heavy atom. The van der Waals surface area contributed by atoms with Crippen molar-refractivity contribution in [2.75, 3.05) is 6.61 Å². The first-order chi connectivity index (χ1) is 7.20. The Morgan fingerprint density at radius 3 is 3.13 bits per heavy atom. The fraction of sp³-hybridized carbons (Fsp3) is 0.300. The minimum Gasteiger partial charge on any atom is -0.461 e. The van der Waals surface area contributed by atoms with Gasteiger partial charge in [0.25, 0.3) is 0 Å². The molecule has 15 heavy (non-hydrogen) atoms. The van der Waals surface area contributed by atoms with Crippen molar-refractivity contribution in [3.05, 3.63) is 23.8 Å². The molecule has 0 radical (unpaired) electrons. The number of aryl methyl sites for hydroxylation is 1. The van der Waals surface area contributed by atoms with Crippen LogP contribution in [0.4, 0.5) is 0 Å². The predicted octanol–water partition coefficient (Wildman–Crippen LogP) is 1.44. The molecule has 0 aromatic carbocycles. The highest BCUT2D eigenvalue weighted by Crippen LogP contribution is 2.12. The lowest BCUT2D eigenvalue weighted by molar-refractivity contribution is 0.0520. The van der Waals surface area contributed by atoms with Crippen LogP contribution in [0.25, 0.3) is 11.0 Å². The third-order valence-electron chi connectivity index (χ3n) is 1.99. The molecule has 0 spiro atoms. The summed E-state index contributed by atoms with van der Waals surface area (Å²) in [7, 11) is 0. The van der Waals surface area contributed by atoms with Gasteiger partial charge in [0.15, 0.2) is 0 Å². The molecule has 2 aromatic rings. The highest BCUT2D eigenvalue weighted by atomic mass is 16.5. The van der Waals surface area contributed by atoms with Gasteiger partial charge in [-0.15, -0.1) is 0 Å². The summed E-state index contributed by atoms with van der Waals surface area (Å²) in [6, 6.07) is 1.69. The average molecular weight is 205 g/mol. The van der Waals surface area contributed by atoms with E-state index >= 15 is 0 Å². The van der Waals surface area contributed by atoms with Gasteiger partial charge in [-0.3, -0.25) is 0 Å². The van der Waals surface area contributed by atoms with Crippen LogP contribution in [0.2, 0.25) is 0 Å². The van der Waals surface area contributed by atoms with Gasteiger partial charge in [0.1, 0.15) is 17.2 Å². The molecule has 2 rings (SSSR count). The Labute approximate surface area is 86.5 Å². The Morgan fingerprint density at radius 2 is 2.40 bits per heavy atom. The van der Waals surface area contributed by atoms with Crippen LogP contribution in [0.15, 0.2) is 12.3 Å². The number of nitrogens with zero attached hydrogens (tertiary/aromatic N) is 2. The zero-order valence-electron chi connectivity index (χ0n) is 8.57. The SMILES string of the molecule is CCOC(=O)c1cc2cnc(C)nc2[nH]1. The van der Waals surface area contributed by atoms with Crippen molar-refractivity contribution in [2.45, 2.75) is 13.8 Å². The first-order valence-corrected chi connectivity index (χ1v) is 4.70. The molecule has 2 heterocycles. The normalized spacial score (nSPS) is 10.5. The Kier molecular flexibility index (Phi) is 2.37. The second-order valence-corrected chi connectivity index (χ2v) is 3.12. The van der Waals surface area contributed by atoms with Crippen LogP contribution in [0, 0.1) is 6.92 Å². The van der Waals surface area contributed by atoms with Crippen LogP contribution in [0.5, 0.6) is 0 Å². The van der Waals surface area contributed by atoms with Crippen molar-refractivity contribution in [2.24, 2.45) is 0 Å². The van der Waals surface area contributed by atoms with Crippen molar-refractivity contribution < 1.29 is 9.53 Å². The molecule has 1 N–H and O–H groups in total. The number of H-pyrrole nitrogens is 1. The van der Waals surface area contributed by atoms with Crippen molar-refractivity contribution >= 4 is 17.0 Å². The maximum Gasteiger partial charge on any atom is 0.354 e. The maximum absolute atomic E-state index is 11.4. The lowest BCUT2D eigenvalue weighted by atomic mass is 10.3. The number of carbonyl (C=O) groups is 1. The van der Waals surface area contributed by atoms with Gasteiger partial charge in [0.05, 0.1) is 6.61 Å². The lowest BCUT2D eigenvalue weighted by Crippen LogP contribution is -2.04. The molecule has 0 saturated carbocycles. The third kappa shape index (κ3) is 1.81. The maximum atomic E-state index is 11.4. The van der Waals surface area contributed by atoms with Crippen LogP contribution in [-0.2, 0) is 4.74 Å². The largest absolute Gasteiger partial charge is 0.461 e. The highest BCUT2D eigenvalue weighted by molar-refractivity contribution is 5.93. The molecule has 78 valence electrons. The number of fused-ring (bicyclic) bond motifs is 1. The second kappa shape index (κ2) is 3.68. The number of aromatic nitrogens is 3. The molecule has 0 saturated heterocycles. The van der Waals surface area contributed by atoms with Gasteiger partial charge in [-0.1, -0.05) is 0 Å². The summed E-state index contributed by atoms with van der Waals surface area (Å²) in [6.07, 6.45) is 1.68. The average Bonchev–Trinajstić information content (AvgIpc) is 2.60. The molecule has 5 nitrogen and oxygen atoms in total. The van der Waals surface area contributed by atoms with E-state index in [0.29, 0.717) is 23.8 Å². The van der Waals surface area contributed by atoms with Crippen molar-refractivity contribution in [1.82, 2.24) is 15.0 Å². The first-order valence-electron chi connectivity index (χ1n) is 4.70. The number of aromatic amines is 1. The zero-order chi connectivity index (χ0) is 10.8. The van der Waals surface area contributed by atoms with E-state index in [4.69, 9.17) is 4.74 Å². The van der Waals surface area contributed by atoms with E-state index in [9.17, 15) is 4.79 Å². The van der Waals surface area contributed by atoms with Gasteiger partial charge in [-0.2, -0.15) is 0 Å². The number of carbonyl (C=O) groups excluding carboxylic acids is 1. The number of esters is 1. The number of rotatable bonds is 2. The molecule has 0 aliphatic rings. The predicted molar refractivity (Wildman–Crippen MR) is 54.6 cm³/mol. The zero-order valence-corrected chi connectivity index (χ0v) is 8.57. The van der Waals surface area contributed by atoms with Crippen LogP contribution in [0.1, 0.15) is 23.2 Å². The van der Waals surface area contributed by atoms with Crippen molar-refractivity contribution in [1.29, 1.82) is 0 Å². The molecule has 0 amide bonds. The number of nitrogens with one attached hydrogen (secondary N) is 1. The Hall–Kier alpha value is -1.91. The summed E-state index contributed by atoms with van der Waals surface area (Å²) in [5, 5.41) is 0.809. The monoisotopic (exact) mass is 205 g/mol. The highest BCUT2D eigenvalue weighted by Gasteiger charge is 2.10. The molecule has 5 heteroatoms. The standard InChI is InChI=1S/C10H11N3O2/c1-3-15-10(14)8-4-7-5-11-6(2)12-9(7)13-8/h4-5H,3H2,1-2H3,(H,11,12,13). The number of hydrogen-bond donors (Lipinski definition) is 1. The summed E-state index contributed by atoms with van der Waals surface area (Å²) in [5.74, 6) is 0.299. The second-order valence-electron chi connectivity index (χ2n) is 3.12. The molecule has 0 atom stereocenters. The molecule has 0 aliphatic heterocycles. The molecular weight excluding hydrogens is 194 g/mol. The van der Waals surface area contributed by atoms with E-state index in [1.807, 2.05) is 0 Å². The van der Waals surface area contributed by atoms with Gasteiger partial charge in [-0.05, 0) is 19.9 Å². The van der Waals surface area contributed by atoms with Gasteiger partial charge in [-0.25, -0.2) is 14.8 Å². The fourth-order valence-electron chi connectivity index (χ4n) is 1.32. The van der Waals surface area contributed by atoms with E-state index in [1.54, 1.807) is 26.1 Å². The Balaban J connectivity index is 2.42. The van der Waals surface area contributed by atoms with E-state index in [2.05, 4.69) is 15.0 Å². The van der Waals surface area contributed by atoms with Gasteiger partial charge in [0, 0.05) is 11.6 Å². The fourth-order valence-corrected chi connectivity index (χ4v) is 1.32. The molecule has 2 aromatic heterocycles. The summed E-state index contributed by atoms with van der Waals surface area (Å²) in [6.45, 7) is 3.92. The quantitative estimate of drug-likeness (QED) is 0.753. The van der Waals surface area contributed by atoms with Crippen LogP contribution >= 0.6 is 0 Å².